The molecule has 98 valence electrons. The zero-order valence-electron chi connectivity index (χ0n) is 11.1. The lowest BCUT2D eigenvalue weighted by atomic mass is 9.91. The minimum atomic E-state index is -0.753. The quantitative estimate of drug-likeness (QED) is 0.840. The molecular weight excluding hydrogens is 226 g/mol. The van der Waals surface area contributed by atoms with Gasteiger partial charge < -0.3 is 5.11 Å². The van der Waals surface area contributed by atoms with Crippen molar-refractivity contribution in [3.63, 3.8) is 0 Å². The molecule has 1 saturated carbocycles. The van der Waals surface area contributed by atoms with E-state index in [0.717, 1.165) is 19.3 Å². The van der Waals surface area contributed by atoms with Crippen molar-refractivity contribution < 1.29 is 9.90 Å². The molecule has 0 spiro atoms. The second kappa shape index (κ2) is 5.11. The Morgan fingerprint density at radius 3 is 2.50 bits per heavy atom. The number of hydrogen-bond acceptors (Lipinski definition) is 2. The van der Waals surface area contributed by atoms with E-state index in [4.69, 9.17) is 0 Å². The van der Waals surface area contributed by atoms with E-state index in [0.29, 0.717) is 12.5 Å². The Hall–Kier alpha value is -1.35. The molecule has 0 heterocycles. The van der Waals surface area contributed by atoms with Crippen LogP contribution in [0, 0.1) is 0 Å². The third-order valence-electron chi connectivity index (χ3n) is 4.08. The maximum absolute atomic E-state index is 11.6. The summed E-state index contributed by atoms with van der Waals surface area (Å²) in [5.41, 5.74) is 0.450. The molecule has 1 aliphatic carbocycles. The lowest BCUT2D eigenvalue weighted by Gasteiger charge is -2.35. The number of likely N-dealkylation sites (N-methyl/N-ethyl adjacent to an activating group) is 1. The van der Waals surface area contributed by atoms with Crippen LogP contribution in [0.5, 0.6) is 0 Å². The molecule has 1 unspecified atom stereocenters. The second-order valence-electron chi connectivity index (χ2n) is 5.41. The number of rotatable bonds is 6. The summed E-state index contributed by atoms with van der Waals surface area (Å²) in [6.45, 7) is 1.84. The topological polar surface area (TPSA) is 40.5 Å². The van der Waals surface area contributed by atoms with Gasteiger partial charge >= 0.3 is 5.97 Å². The molecule has 1 N–H and O–H groups in total. The van der Waals surface area contributed by atoms with Crippen molar-refractivity contribution in [2.24, 2.45) is 0 Å². The van der Waals surface area contributed by atoms with Gasteiger partial charge in [0.25, 0.3) is 0 Å². The summed E-state index contributed by atoms with van der Waals surface area (Å²) in [6, 6.07) is 10.5. The van der Waals surface area contributed by atoms with Crippen LogP contribution < -0.4 is 0 Å². The molecule has 2 rings (SSSR count). The normalized spacial score (nSPS) is 18.6. The van der Waals surface area contributed by atoms with Crippen molar-refractivity contribution in [2.75, 3.05) is 7.05 Å². The molecule has 0 saturated heterocycles. The van der Waals surface area contributed by atoms with Gasteiger partial charge in [0.05, 0.1) is 0 Å². The molecule has 18 heavy (non-hydrogen) atoms. The molecule has 3 nitrogen and oxygen atoms in total. The van der Waals surface area contributed by atoms with Crippen LogP contribution in [0.2, 0.25) is 0 Å². The van der Waals surface area contributed by atoms with Crippen molar-refractivity contribution in [3.05, 3.63) is 35.9 Å². The zero-order chi connectivity index (χ0) is 13.2. The van der Waals surface area contributed by atoms with E-state index < -0.39 is 11.5 Å². The average molecular weight is 247 g/mol. The number of aliphatic carboxylic acids is 1. The van der Waals surface area contributed by atoms with Crippen LogP contribution in [0.4, 0.5) is 0 Å². The predicted molar refractivity (Wildman–Crippen MR) is 71.6 cm³/mol. The summed E-state index contributed by atoms with van der Waals surface area (Å²) in [4.78, 5) is 13.6. The Morgan fingerprint density at radius 1 is 1.39 bits per heavy atom. The summed E-state index contributed by atoms with van der Waals surface area (Å²) in [7, 11) is 1.94. The van der Waals surface area contributed by atoms with Crippen molar-refractivity contribution >= 4 is 5.97 Å². The SMILES string of the molecule is CN(C1CC1)C(C)(CCc1ccccc1)C(=O)O. The van der Waals surface area contributed by atoms with Gasteiger partial charge in [0.2, 0.25) is 0 Å². The number of carboxylic acid groups (broad SMARTS) is 1. The molecule has 0 aliphatic heterocycles. The first-order valence-electron chi connectivity index (χ1n) is 6.54. The fourth-order valence-corrected chi connectivity index (χ4v) is 2.33. The van der Waals surface area contributed by atoms with Crippen LogP contribution in [0.25, 0.3) is 0 Å². The lowest BCUT2D eigenvalue weighted by Crippen LogP contribution is -2.51. The number of carbonyl (C=O) groups is 1. The largest absolute Gasteiger partial charge is 0.480 e. The van der Waals surface area contributed by atoms with Gasteiger partial charge in [-0.25, -0.2) is 0 Å². The highest BCUT2D eigenvalue weighted by molar-refractivity contribution is 5.78. The van der Waals surface area contributed by atoms with E-state index in [1.54, 1.807) is 0 Å². The van der Waals surface area contributed by atoms with Gasteiger partial charge in [0.15, 0.2) is 0 Å². The molecule has 0 bridgehead atoms. The van der Waals surface area contributed by atoms with Gasteiger partial charge in [0, 0.05) is 6.04 Å². The molecular formula is C15H21NO2. The van der Waals surface area contributed by atoms with E-state index in [1.165, 1.54) is 5.56 Å². The van der Waals surface area contributed by atoms with Gasteiger partial charge in [-0.2, -0.15) is 0 Å². The molecule has 1 aromatic carbocycles. The molecule has 1 aromatic rings. The monoisotopic (exact) mass is 247 g/mol. The maximum Gasteiger partial charge on any atom is 0.323 e. The second-order valence-corrected chi connectivity index (χ2v) is 5.41. The van der Waals surface area contributed by atoms with Crippen molar-refractivity contribution in [1.29, 1.82) is 0 Å². The van der Waals surface area contributed by atoms with Gasteiger partial charge in [-0.05, 0) is 45.2 Å². The van der Waals surface area contributed by atoms with Crippen LogP contribution >= 0.6 is 0 Å². The molecule has 0 radical (unpaired) electrons. The Balaban J connectivity index is 2.04. The number of aryl methyl sites for hydroxylation is 1. The molecule has 3 heteroatoms. The summed E-state index contributed by atoms with van der Waals surface area (Å²) in [5.74, 6) is -0.715. The summed E-state index contributed by atoms with van der Waals surface area (Å²) in [5, 5.41) is 9.52. The van der Waals surface area contributed by atoms with E-state index in [9.17, 15) is 9.90 Å². The van der Waals surface area contributed by atoms with Crippen molar-refractivity contribution in [3.8, 4) is 0 Å². The minimum absolute atomic E-state index is 0.460. The first-order valence-corrected chi connectivity index (χ1v) is 6.54. The van der Waals surface area contributed by atoms with Gasteiger partial charge in [-0.15, -0.1) is 0 Å². The summed E-state index contributed by atoms with van der Waals surface area (Å²) < 4.78 is 0. The minimum Gasteiger partial charge on any atom is -0.480 e. The highest BCUT2D eigenvalue weighted by atomic mass is 16.4. The number of hydrogen-bond donors (Lipinski definition) is 1. The number of carboxylic acids is 1. The van der Waals surface area contributed by atoms with E-state index in [1.807, 2.05) is 37.1 Å². The van der Waals surface area contributed by atoms with E-state index in [2.05, 4.69) is 12.1 Å². The maximum atomic E-state index is 11.6. The van der Waals surface area contributed by atoms with E-state index >= 15 is 0 Å². The number of nitrogens with zero attached hydrogens (tertiary/aromatic N) is 1. The van der Waals surface area contributed by atoms with E-state index in [-0.39, 0.29) is 0 Å². The van der Waals surface area contributed by atoms with Crippen molar-refractivity contribution in [2.45, 2.75) is 44.2 Å². The van der Waals surface area contributed by atoms with Crippen LogP contribution in [0.1, 0.15) is 31.7 Å². The highest BCUT2D eigenvalue weighted by Gasteiger charge is 2.43. The molecule has 0 aromatic heterocycles. The summed E-state index contributed by atoms with van der Waals surface area (Å²) in [6.07, 6.45) is 3.72. The van der Waals surface area contributed by atoms with Crippen molar-refractivity contribution in [1.82, 2.24) is 4.90 Å². The van der Waals surface area contributed by atoms with Gasteiger partial charge in [-0.1, -0.05) is 30.3 Å². The first kappa shape index (κ1) is 13.1. The molecule has 1 fully saturated rings. The Bertz CT molecular complexity index is 414. The Labute approximate surface area is 108 Å². The summed E-state index contributed by atoms with van der Waals surface area (Å²) >= 11 is 0. The molecule has 0 amide bonds. The van der Waals surface area contributed by atoms with Gasteiger partial charge in [-0.3, -0.25) is 9.69 Å². The lowest BCUT2D eigenvalue weighted by molar-refractivity contribution is -0.150. The standard InChI is InChI=1S/C15H21NO2/c1-15(14(17)18,16(2)13-8-9-13)11-10-12-6-4-3-5-7-12/h3-7,13H,8-11H2,1-2H3,(H,17,18). The fraction of sp³-hybridized carbons (Fsp3) is 0.533. The number of benzene rings is 1. The highest BCUT2D eigenvalue weighted by Crippen LogP contribution is 2.33. The zero-order valence-corrected chi connectivity index (χ0v) is 11.1. The average Bonchev–Trinajstić information content (AvgIpc) is 3.20. The Morgan fingerprint density at radius 2 is 2.00 bits per heavy atom. The third kappa shape index (κ3) is 2.72. The van der Waals surface area contributed by atoms with Crippen LogP contribution in [-0.4, -0.2) is 34.6 Å². The van der Waals surface area contributed by atoms with Crippen LogP contribution in [-0.2, 0) is 11.2 Å². The smallest absolute Gasteiger partial charge is 0.323 e. The molecule has 1 aliphatic rings. The Kier molecular flexibility index (Phi) is 3.71. The van der Waals surface area contributed by atoms with Crippen LogP contribution in [0.3, 0.4) is 0 Å². The third-order valence-corrected chi connectivity index (χ3v) is 4.08. The van der Waals surface area contributed by atoms with Crippen LogP contribution in [0.15, 0.2) is 30.3 Å². The fourth-order valence-electron chi connectivity index (χ4n) is 2.33. The first-order chi connectivity index (χ1) is 8.54. The molecule has 1 atom stereocenters. The predicted octanol–water partition coefficient (Wildman–Crippen LogP) is 2.56. The van der Waals surface area contributed by atoms with Gasteiger partial charge in [0.1, 0.15) is 5.54 Å².